The van der Waals surface area contributed by atoms with Gasteiger partial charge in [0.2, 0.25) is 15.9 Å². The molecule has 6 heteroatoms. The molecule has 0 N–H and O–H groups in total. The summed E-state index contributed by atoms with van der Waals surface area (Å²) < 4.78 is 26.3. The number of carbonyl (C=O) groups excluding carboxylic acids is 1. The molecule has 1 atom stereocenters. The number of carbonyl (C=O) groups is 1. The van der Waals surface area contributed by atoms with Gasteiger partial charge in [0.25, 0.3) is 0 Å². The van der Waals surface area contributed by atoms with Gasteiger partial charge in [-0.15, -0.1) is 0 Å². The van der Waals surface area contributed by atoms with Crippen molar-refractivity contribution in [1.29, 1.82) is 0 Å². The van der Waals surface area contributed by atoms with Crippen LogP contribution >= 0.6 is 0 Å². The lowest BCUT2D eigenvalue weighted by Gasteiger charge is -2.27. The third kappa shape index (κ3) is 3.76. The highest BCUT2D eigenvalue weighted by molar-refractivity contribution is 7.89. The van der Waals surface area contributed by atoms with Crippen molar-refractivity contribution in [2.45, 2.75) is 38.8 Å². The van der Waals surface area contributed by atoms with Gasteiger partial charge in [0.1, 0.15) is 6.04 Å². The second-order valence-electron chi connectivity index (χ2n) is 6.92. The first-order valence-electron chi connectivity index (χ1n) is 9.15. The second-order valence-corrected chi connectivity index (χ2v) is 8.96. The summed E-state index contributed by atoms with van der Waals surface area (Å²) in [6.45, 7) is 2.76. The molecule has 2 aromatic rings. The molecule has 140 valence electrons. The van der Waals surface area contributed by atoms with E-state index in [0.29, 0.717) is 25.9 Å². The molecule has 1 aliphatic heterocycles. The van der Waals surface area contributed by atoms with Crippen molar-refractivity contribution in [3.63, 3.8) is 0 Å². The zero-order valence-electron chi connectivity index (χ0n) is 15.4. The summed E-state index contributed by atoms with van der Waals surface area (Å²) in [7, 11) is -1.60. The van der Waals surface area contributed by atoms with E-state index in [-0.39, 0.29) is 11.7 Å². The number of amides is 1. The van der Waals surface area contributed by atoms with Crippen LogP contribution in [-0.4, -0.2) is 48.9 Å². The molecule has 1 amide bonds. The lowest BCUT2D eigenvalue weighted by Crippen LogP contribution is -2.46. The molecule has 26 heavy (non-hydrogen) atoms. The van der Waals surface area contributed by atoms with Gasteiger partial charge < -0.3 is 4.90 Å². The smallest absolute Gasteiger partial charge is 0.241 e. The van der Waals surface area contributed by atoms with Crippen LogP contribution in [0.25, 0.3) is 10.8 Å². The van der Waals surface area contributed by atoms with E-state index in [2.05, 4.69) is 18.2 Å². The summed E-state index contributed by atoms with van der Waals surface area (Å²) in [5, 5.41) is 2.26. The van der Waals surface area contributed by atoms with Gasteiger partial charge in [-0.1, -0.05) is 49.4 Å². The third-order valence-electron chi connectivity index (χ3n) is 4.97. The summed E-state index contributed by atoms with van der Waals surface area (Å²) in [6, 6.07) is 13.6. The third-order valence-corrected chi connectivity index (χ3v) is 7.05. The predicted octanol–water partition coefficient (Wildman–Crippen LogP) is 3.00. The Balaban J connectivity index is 1.79. The minimum atomic E-state index is -3.36. The summed E-state index contributed by atoms with van der Waals surface area (Å²) in [6.07, 6.45) is 1.90. The van der Waals surface area contributed by atoms with Gasteiger partial charge in [-0.25, -0.2) is 8.42 Å². The normalized spacial score (nSPS) is 18.3. The first-order chi connectivity index (χ1) is 12.4. The number of hydrogen-bond acceptors (Lipinski definition) is 3. The van der Waals surface area contributed by atoms with Crippen molar-refractivity contribution < 1.29 is 13.2 Å². The molecule has 1 saturated heterocycles. The van der Waals surface area contributed by atoms with E-state index >= 15 is 0 Å². The zero-order valence-corrected chi connectivity index (χ0v) is 16.2. The second kappa shape index (κ2) is 7.76. The highest BCUT2D eigenvalue weighted by atomic mass is 32.2. The van der Waals surface area contributed by atoms with E-state index in [1.54, 1.807) is 11.9 Å². The van der Waals surface area contributed by atoms with Crippen LogP contribution in [0.3, 0.4) is 0 Å². The molecule has 0 saturated carbocycles. The molecule has 0 spiro atoms. The highest BCUT2D eigenvalue weighted by Crippen LogP contribution is 2.25. The molecule has 0 aliphatic carbocycles. The van der Waals surface area contributed by atoms with Crippen LogP contribution in [0.2, 0.25) is 0 Å². The standard InChI is InChI=1S/C20H26N2O3S/c1-3-14-26(24,25)22-13-7-12-19(22)20(23)21(2)15-17-10-6-9-16-8-4-5-11-18(16)17/h4-6,8-11,19H,3,7,12-15H2,1-2H3. The van der Waals surface area contributed by atoms with E-state index in [4.69, 9.17) is 0 Å². The Morgan fingerprint density at radius 3 is 2.69 bits per heavy atom. The fraction of sp³-hybridized carbons (Fsp3) is 0.450. The fourth-order valence-corrected chi connectivity index (χ4v) is 5.45. The van der Waals surface area contributed by atoms with Gasteiger partial charge in [0.15, 0.2) is 0 Å². The monoisotopic (exact) mass is 374 g/mol. The molecule has 5 nitrogen and oxygen atoms in total. The van der Waals surface area contributed by atoms with Crippen LogP contribution in [0, 0.1) is 0 Å². The molecule has 0 bridgehead atoms. The van der Waals surface area contributed by atoms with Gasteiger partial charge in [0, 0.05) is 20.1 Å². The first-order valence-corrected chi connectivity index (χ1v) is 10.8. The van der Waals surface area contributed by atoms with E-state index < -0.39 is 16.1 Å². The van der Waals surface area contributed by atoms with Crippen LogP contribution in [0.5, 0.6) is 0 Å². The highest BCUT2D eigenvalue weighted by Gasteiger charge is 2.39. The molecule has 3 rings (SSSR count). The Labute approximate surface area is 155 Å². The molecule has 2 aromatic carbocycles. The average Bonchev–Trinajstić information content (AvgIpc) is 3.12. The quantitative estimate of drug-likeness (QED) is 0.781. The number of sulfonamides is 1. The lowest BCUT2D eigenvalue weighted by atomic mass is 10.0. The largest absolute Gasteiger partial charge is 0.340 e. The topological polar surface area (TPSA) is 57.7 Å². The number of benzene rings is 2. The molecule has 1 aliphatic rings. The van der Waals surface area contributed by atoms with Gasteiger partial charge >= 0.3 is 0 Å². The van der Waals surface area contributed by atoms with Crippen molar-refractivity contribution in [1.82, 2.24) is 9.21 Å². The van der Waals surface area contributed by atoms with Gasteiger partial charge in [0.05, 0.1) is 5.75 Å². The maximum Gasteiger partial charge on any atom is 0.241 e. The van der Waals surface area contributed by atoms with Crippen molar-refractivity contribution >= 4 is 26.7 Å². The summed E-state index contributed by atoms with van der Waals surface area (Å²) in [4.78, 5) is 14.6. The minimum Gasteiger partial charge on any atom is -0.340 e. The Kier molecular flexibility index (Phi) is 5.63. The van der Waals surface area contributed by atoms with Gasteiger partial charge in [-0.3, -0.25) is 4.79 Å². The summed E-state index contributed by atoms with van der Waals surface area (Å²) in [5.74, 6) is -0.0146. The number of hydrogen-bond donors (Lipinski definition) is 0. The van der Waals surface area contributed by atoms with Crippen molar-refractivity contribution in [2.24, 2.45) is 0 Å². The van der Waals surface area contributed by atoms with Crippen LogP contribution in [0.1, 0.15) is 31.7 Å². The molecular weight excluding hydrogens is 348 g/mol. The molecule has 1 fully saturated rings. The maximum atomic E-state index is 13.0. The molecule has 0 aromatic heterocycles. The lowest BCUT2D eigenvalue weighted by molar-refractivity contribution is -0.133. The van der Waals surface area contributed by atoms with Crippen molar-refractivity contribution in [3.05, 3.63) is 48.0 Å². The van der Waals surface area contributed by atoms with Gasteiger partial charge in [-0.2, -0.15) is 4.31 Å². The van der Waals surface area contributed by atoms with Crippen molar-refractivity contribution in [2.75, 3.05) is 19.3 Å². The molecule has 0 radical (unpaired) electrons. The minimum absolute atomic E-state index is 0.101. The summed E-state index contributed by atoms with van der Waals surface area (Å²) >= 11 is 0. The van der Waals surface area contributed by atoms with Crippen LogP contribution < -0.4 is 0 Å². The average molecular weight is 375 g/mol. The number of nitrogens with zero attached hydrogens (tertiary/aromatic N) is 2. The first kappa shape index (κ1) is 18.9. The molecule has 1 heterocycles. The van der Waals surface area contributed by atoms with Crippen LogP contribution in [0.4, 0.5) is 0 Å². The van der Waals surface area contributed by atoms with Crippen LogP contribution in [0.15, 0.2) is 42.5 Å². The Hall–Kier alpha value is -1.92. The molecule has 1 unspecified atom stereocenters. The Bertz CT molecular complexity index is 890. The van der Waals surface area contributed by atoms with E-state index in [1.807, 2.05) is 31.2 Å². The number of fused-ring (bicyclic) bond motifs is 1. The Morgan fingerprint density at radius 1 is 1.19 bits per heavy atom. The SMILES string of the molecule is CCCS(=O)(=O)N1CCCC1C(=O)N(C)Cc1cccc2ccccc12. The van der Waals surface area contributed by atoms with E-state index in [9.17, 15) is 13.2 Å². The van der Waals surface area contributed by atoms with Gasteiger partial charge in [-0.05, 0) is 35.6 Å². The predicted molar refractivity (Wildman–Crippen MR) is 104 cm³/mol. The maximum absolute atomic E-state index is 13.0. The Morgan fingerprint density at radius 2 is 1.92 bits per heavy atom. The number of rotatable bonds is 6. The fourth-order valence-electron chi connectivity index (χ4n) is 3.71. The van der Waals surface area contributed by atoms with Crippen LogP contribution in [-0.2, 0) is 21.4 Å². The van der Waals surface area contributed by atoms with E-state index in [0.717, 1.165) is 22.8 Å². The number of likely N-dealkylation sites (N-methyl/N-ethyl adjacent to an activating group) is 1. The zero-order chi connectivity index (χ0) is 18.7. The summed E-state index contributed by atoms with van der Waals surface area (Å²) in [5.41, 5.74) is 1.07. The van der Waals surface area contributed by atoms with Crippen molar-refractivity contribution in [3.8, 4) is 0 Å². The molecular formula is C20H26N2O3S. The van der Waals surface area contributed by atoms with E-state index in [1.165, 1.54) is 4.31 Å².